The third-order valence-electron chi connectivity index (χ3n) is 3.80. The number of phenolic OH excluding ortho intramolecular Hbond substituents is 1. The molecule has 0 radical (unpaired) electrons. The molecule has 2 aromatic rings. The number of hydrogen-bond donors (Lipinski definition) is 2. The van der Waals surface area contributed by atoms with Gasteiger partial charge in [0.05, 0.1) is 18.7 Å². The van der Waals surface area contributed by atoms with Crippen molar-refractivity contribution in [2.24, 2.45) is 0 Å². The Morgan fingerprint density at radius 1 is 1.27 bits per heavy atom. The van der Waals surface area contributed by atoms with Crippen LogP contribution in [0.5, 0.6) is 11.5 Å². The number of ether oxygens (including phenoxy) is 1. The molecule has 0 aliphatic carbocycles. The van der Waals surface area contributed by atoms with Crippen LogP contribution in [0.1, 0.15) is 11.1 Å². The van der Waals surface area contributed by atoms with Crippen molar-refractivity contribution >= 4 is 29.6 Å². The molecule has 0 spiro atoms. The first kappa shape index (κ1) is 17.8. The van der Waals surface area contributed by atoms with Crippen LogP contribution < -0.4 is 10.1 Å². The maximum absolute atomic E-state index is 13.0. The Morgan fingerprint density at radius 2 is 1.96 bits per heavy atom. The molecule has 1 aliphatic heterocycles. The van der Waals surface area contributed by atoms with Crippen LogP contribution in [0.25, 0.3) is 6.08 Å². The Balaban J connectivity index is 1.85. The van der Waals surface area contributed by atoms with Crippen molar-refractivity contribution in [3.63, 3.8) is 0 Å². The third-order valence-corrected chi connectivity index (χ3v) is 4.09. The number of urea groups is 1. The van der Waals surface area contributed by atoms with Gasteiger partial charge in [-0.15, -0.1) is 0 Å². The van der Waals surface area contributed by atoms with E-state index < -0.39 is 17.8 Å². The maximum Gasteiger partial charge on any atom is 0.329 e. The Labute approximate surface area is 153 Å². The van der Waals surface area contributed by atoms with Gasteiger partial charge in [0.25, 0.3) is 5.91 Å². The summed E-state index contributed by atoms with van der Waals surface area (Å²) in [7, 11) is 1.37. The summed E-state index contributed by atoms with van der Waals surface area (Å²) in [6.45, 7) is 0.0158. The zero-order valence-corrected chi connectivity index (χ0v) is 14.4. The first-order valence-corrected chi connectivity index (χ1v) is 7.92. The molecule has 1 fully saturated rings. The zero-order chi connectivity index (χ0) is 18.8. The van der Waals surface area contributed by atoms with Gasteiger partial charge in [-0.1, -0.05) is 23.7 Å². The molecule has 134 valence electrons. The van der Waals surface area contributed by atoms with Gasteiger partial charge < -0.3 is 15.2 Å². The van der Waals surface area contributed by atoms with Gasteiger partial charge in [0.1, 0.15) is 11.5 Å². The molecule has 0 unspecified atom stereocenters. The second-order valence-electron chi connectivity index (χ2n) is 5.56. The molecule has 0 aromatic heterocycles. The van der Waals surface area contributed by atoms with Crippen molar-refractivity contribution in [3.05, 3.63) is 64.1 Å². The van der Waals surface area contributed by atoms with Gasteiger partial charge in [-0.2, -0.15) is 0 Å². The molecular formula is C18H14ClFN2O4. The van der Waals surface area contributed by atoms with Gasteiger partial charge in [-0.25, -0.2) is 9.18 Å². The minimum absolute atomic E-state index is 0.0158. The molecule has 1 saturated heterocycles. The van der Waals surface area contributed by atoms with Crippen LogP contribution in [0, 0.1) is 5.82 Å². The van der Waals surface area contributed by atoms with Gasteiger partial charge in [0, 0.05) is 0 Å². The van der Waals surface area contributed by atoms with Crippen LogP contribution >= 0.6 is 11.6 Å². The summed E-state index contributed by atoms with van der Waals surface area (Å²) < 4.78 is 18.0. The quantitative estimate of drug-likeness (QED) is 0.634. The molecule has 1 aliphatic rings. The van der Waals surface area contributed by atoms with E-state index in [9.17, 15) is 19.1 Å². The molecule has 3 amide bonds. The summed E-state index contributed by atoms with van der Waals surface area (Å²) in [6, 6.07) is 7.86. The van der Waals surface area contributed by atoms with Crippen molar-refractivity contribution in [1.82, 2.24) is 10.2 Å². The van der Waals surface area contributed by atoms with Gasteiger partial charge in [0.2, 0.25) is 0 Å². The minimum atomic E-state index is -0.581. The van der Waals surface area contributed by atoms with Crippen LogP contribution in [0.4, 0.5) is 9.18 Å². The Morgan fingerprint density at radius 3 is 2.62 bits per heavy atom. The van der Waals surface area contributed by atoms with Crippen molar-refractivity contribution < 1.29 is 23.8 Å². The van der Waals surface area contributed by atoms with E-state index in [1.165, 1.54) is 49.6 Å². The molecule has 6 nitrogen and oxygen atoms in total. The number of carbonyl (C=O) groups excluding carboxylic acids is 2. The van der Waals surface area contributed by atoms with Gasteiger partial charge in [0.15, 0.2) is 11.5 Å². The number of nitrogens with zero attached hydrogens (tertiary/aromatic N) is 1. The van der Waals surface area contributed by atoms with E-state index in [1.54, 1.807) is 0 Å². The lowest BCUT2D eigenvalue weighted by Gasteiger charge is -2.11. The fourth-order valence-electron chi connectivity index (χ4n) is 2.49. The number of nitrogens with one attached hydrogen (secondary N) is 1. The van der Waals surface area contributed by atoms with E-state index >= 15 is 0 Å². The monoisotopic (exact) mass is 376 g/mol. The summed E-state index contributed by atoms with van der Waals surface area (Å²) in [5.41, 5.74) is 1.14. The molecule has 26 heavy (non-hydrogen) atoms. The third kappa shape index (κ3) is 3.48. The first-order chi connectivity index (χ1) is 12.4. The Kier molecular flexibility index (Phi) is 4.81. The molecule has 2 aromatic carbocycles. The Hall–Kier alpha value is -3.06. The average molecular weight is 377 g/mol. The van der Waals surface area contributed by atoms with Crippen LogP contribution in [-0.2, 0) is 11.3 Å². The smallest absolute Gasteiger partial charge is 0.329 e. The molecule has 8 heteroatoms. The SMILES string of the molecule is COc1cc(C=C2NC(=O)N(Cc3ccc(F)cc3)C2=O)cc(Cl)c1O. The van der Waals surface area contributed by atoms with Crippen LogP contribution in [0.15, 0.2) is 42.1 Å². The topological polar surface area (TPSA) is 78.9 Å². The number of amides is 3. The fraction of sp³-hybridized carbons (Fsp3) is 0.111. The first-order valence-electron chi connectivity index (χ1n) is 7.54. The number of imide groups is 1. The highest BCUT2D eigenvalue weighted by atomic mass is 35.5. The molecule has 1 heterocycles. The zero-order valence-electron chi connectivity index (χ0n) is 13.6. The van der Waals surface area contributed by atoms with Gasteiger partial charge in [-0.3, -0.25) is 9.69 Å². The van der Waals surface area contributed by atoms with Crippen molar-refractivity contribution in [1.29, 1.82) is 0 Å². The summed E-state index contributed by atoms with van der Waals surface area (Å²) in [4.78, 5) is 25.6. The number of hydrogen-bond acceptors (Lipinski definition) is 4. The minimum Gasteiger partial charge on any atom is -0.503 e. The highest BCUT2D eigenvalue weighted by Crippen LogP contribution is 2.35. The van der Waals surface area contributed by atoms with E-state index in [1.807, 2.05) is 0 Å². The lowest BCUT2D eigenvalue weighted by Crippen LogP contribution is -2.30. The number of halogens is 2. The lowest BCUT2D eigenvalue weighted by molar-refractivity contribution is -0.123. The number of aromatic hydroxyl groups is 1. The molecule has 0 saturated carbocycles. The van der Waals surface area contributed by atoms with Gasteiger partial charge >= 0.3 is 6.03 Å². The van der Waals surface area contributed by atoms with E-state index in [-0.39, 0.29) is 28.8 Å². The molecular weight excluding hydrogens is 363 g/mol. The Bertz CT molecular complexity index is 912. The summed E-state index contributed by atoms with van der Waals surface area (Å²) in [6.07, 6.45) is 1.43. The van der Waals surface area contributed by atoms with E-state index in [4.69, 9.17) is 16.3 Å². The summed E-state index contributed by atoms with van der Waals surface area (Å²) in [5, 5.41) is 12.3. The highest BCUT2D eigenvalue weighted by Gasteiger charge is 2.33. The van der Waals surface area contributed by atoms with E-state index in [0.29, 0.717) is 11.1 Å². The standard InChI is InChI=1S/C18H14ClFN2O4/c1-26-15-8-11(6-13(19)16(15)23)7-14-17(24)22(18(25)21-14)9-10-2-4-12(20)5-3-10/h2-8,23H,9H2,1H3,(H,21,25). The molecule has 0 bridgehead atoms. The van der Waals surface area contributed by atoms with Crippen molar-refractivity contribution in [3.8, 4) is 11.5 Å². The number of rotatable bonds is 4. The number of methoxy groups -OCH3 is 1. The van der Waals surface area contributed by atoms with Crippen LogP contribution in [0.3, 0.4) is 0 Å². The van der Waals surface area contributed by atoms with Gasteiger partial charge in [-0.05, 0) is 41.5 Å². The molecule has 0 atom stereocenters. The fourth-order valence-corrected chi connectivity index (χ4v) is 2.71. The second kappa shape index (κ2) is 7.05. The van der Waals surface area contributed by atoms with Crippen LogP contribution in [0.2, 0.25) is 5.02 Å². The molecule has 3 rings (SSSR count). The summed E-state index contributed by atoms with van der Waals surface area (Å²) in [5.74, 6) is -0.993. The van der Waals surface area contributed by atoms with Crippen LogP contribution in [-0.4, -0.2) is 29.1 Å². The normalized spacial score (nSPS) is 15.5. The van der Waals surface area contributed by atoms with E-state index in [2.05, 4.69) is 5.32 Å². The van der Waals surface area contributed by atoms with Crippen molar-refractivity contribution in [2.45, 2.75) is 6.54 Å². The second-order valence-corrected chi connectivity index (χ2v) is 5.97. The average Bonchev–Trinajstić information content (AvgIpc) is 2.87. The predicted octanol–water partition coefficient (Wildman–Crippen LogP) is 3.29. The highest BCUT2D eigenvalue weighted by molar-refractivity contribution is 6.32. The molecule has 2 N–H and O–H groups in total. The predicted molar refractivity (Wildman–Crippen MR) is 93.1 cm³/mol. The largest absolute Gasteiger partial charge is 0.503 e. The van der Waals surface area contributed by atoms with Crippen molar-refractivity contribution in [2.75, 3.05) is 7.11 Å². The van der Waals surface area contributed by atoms with E-state index in [0.717, 1.165) is 4.90 Å². The number of carbonyl (C=O) groups is 2. The maximum atomic E-state index is 13.0. The number of phenols is 1. The lowest BCUT2D eigenvalue weighted by atomic mass is 10.1. The number of benzene rings is 2. The summed E-state index contributed by atoms with van der Waals surface area (Å²) >= 11 is 5.92.